The molecule has 0 aliphatic carbocycles. The second-order valence-electron chi connectivity index (χ2n) is 37.2. The predicted octanol–water partition coefficient (Wildman–Crippen LogP) is 19.3. The molecule has 0 radical (unpaired) electrons. The molecule has 0 spiro atoms. The lowest BCUT2D eigenvalue weighted by Crippen LogP contribution is -2.61. The van der Waals surface area contributed by atoms with Crippen molar-refractivity contribution in [1.29, 1.82) is 0 Å². The van der Waals surface area contributed by atoms with Gasteiger partial charge in [0, 0.05) is 12.0 Å². The maximum absolute atomic E-state index is 10.1. The SMILES string of the molecule is COCOCC[C@H]1O[C@H](Cn2cc([C@H]3O[C@H](Cn4cc([C@H]5O[C@H](Cn6cc([C@H]7O[C@H](CN=[N+]=[N-])[C@@H](OCc8ccccc8)[C@H](OCc8ccccc8)[C@@H]7OCc7ccccc7)nn6)[C@@H](OCc6ccccc6)[C@H](OCc6ccccc6)[C@@H]5OCc5ccccc5)nn4)[C@@H](OCc4ccccc4)[C@H](OCc4ccccc4)[C@@H]3OCc3ccccc3)nn2)[C@@H](OCc2ccccc2)[C@H](OCc2ccccc2)[C@@H]1OCc1ccccc1. The Morgan fingerprint density at radius 2 is 0.446 bits per heavy atom. The smallest absolute Gasteiger partial charge is 0.146 e. The normalized spacial score (nSPS) is 24.0. The summed E-state index contributed by atoms with van der Waals surface area (Å²) in [5.74, 6) is 0. The van der Waals surface area contributed by atoms with Gasteiger partial charge < -0.3 is 85.3 Å². The van der Waals surface area contributed by atoms with E-state index in [0.29, 0.717) is 23.5 Å². The number of benzene rings is 12. The minimum Gasteiger partial charge on any atom is -0.368 e. The van der Waals surface area contributed by atoms with E-state index >= 15 is 0 Å². The van der Waals surface area contributed by atoms with E-state index in [1.165, 1.54) is 0 Å². The fraction of sp³-hybridized carbons (Fsp3) is 0.339. The van der Waals surface area contributed by atoms with Crippen LogP contribution in [0, 0.1) is 0 Å². The van der Waals surface area contributed by atoms with Gasteiger partial charge in [-0.05, 0) is 78.7 Å². The molecule has 4 fully saturated rings. The van der Waals surface area contributed by atoms with Crippen LogP contribution in [0.3, 0.4) is 0 Å². The summed E-state index contributed by atoms with van der Waals surface area (Å²) in [6.07, 6.45) is -11.3. The van der Waals surface area contributed by atoms with Crippen LogP contribution in [0.4, 0.5) is 0 Å². The zero-order valence-corrected chi connectivity index (χ0v) is 82.6. The maximum atomic E-state index is 10.1. The van der Waals surface area contributed by atoms with Crippen molar-refractivity contribution in [3.05, 3.63) is 477 Å². The van der Waals surface area contributed by atoms with Crippen molar-refractivity contribution in [1.82, 2.24) is 45.0 Å². The van der Waals surface area contributed by atoms with Gasteiger partial charge in [-0.2, -0.15) is 0 Å². The van der Waals surface area contributed by atoms with E-state index in [1.807, 2.05) is 383 Å². The van der Waals surface area contributed by atoms with Gasteiger partial charge in [-0.25, -0.2) is 14.0 Å². The lowest BCUT2D eigenvalue weighted by atomic mass is 9.91. The molecule has 12 aromatic carbocycles. The molecule has 30 heteroatoms. The zero-order valence-electron chi connectivity index (χ0n) is 82.6. The second-order valence-corrected chi connectivity index (χ2v) is 37.2. The van der Waals surface area contributed by atoms with Gasteiger partial charge in [0.25, 0.3) is 0 Å². The van der Waals surface area contributed by atoms with E-state index in [1.54, 1.807) is 21.2 Å². The van der Waals surface area contributed by atoms with Crippen molar-refractivity contribution in [2.45, 2.75) is 227 Å². The molecule has 764 valence electrons. The summed E-state index contributed by atoms with van der Waals surface area (Å²) in [5, 5.41) is 34.5. The maximum Gasteiger partial charge on any atom is 0.146 e. The van der Waals surface area contributed by atoms with E-state index in [9.17, 15) is 5.53 Å². The highest BCUT2D eigenvalue weighted by atomic mass is 16.7. The van der Waals surface area contributed by atoms with Gasteiger partial charge in [-0.15, -0.1) is 15.3 Å². The minimum atomic E-state index is -1.05. The Morgan fingerprint density at radius 3 is 0.676 bits per heavy atom. The lowest BCUT2D eigenvalue weighted by Gasteiger charge is -2.46. The van der Waals surface area contributed by atoms with Crippen LogP contribution in [0.2, 0.25) is 0 Å². The lowest BCUT2D eigenvalue weighted by molar-refractivity contribution is -0.271. The van der Waals surface area contributed by atoms with Crippen molar-refractivity contribution >= 4 is 0 Å². The standard InChI is InChI=1S/C118H124N12O18/c1-131-83-132-63-62-99-107(133-71-84-38-14-2-15-39-84)115(141-79-92-54-30-10-31-55-92)109(135-73-86-42-18-4-19-43-86)101(145-99)68-128-66-97(122-125-128)105-113(139-77-90-50-26-8-27-51-90)117(143-81-94-58-34-12-35-59-94)111(137-75-88-46-22-6-23-47-88)103(147-105)70-130-67-98(123-127-130)106-114(140-78-91-52-28-9-29-53-91)118(144-82-95-60-36-13-37-61-95)110(136-74-87-44-20-5-21-45-87)102(148-106)69-129-65-96(121-126-129)104-112(138-76-89-48-24-7-25-49-89)116(142-80-93-56-32-11-33-57-93)108(100(146-104)64-120-124-119)134-72-85-40-16-3-17-41-85/h2-61,65-67,99-118H,62-64,68-83H2,1H3/t99-,100-,101-,102-,103-,104-,105-,106-,107-,108-,109-,110-,111-,112-,113-,114-,115-,116+,117+,118+/m1/s1. The molecule has 148 heavy (non-hydrogen) atoms. The first-order chi connectivity index (χ1) is 73.3. The summed E-state index contributed by atoms with van der Waals surface area (Å²) < 4.78 is 134. The van der Waals surface area contributed by atoms with Crippen LogP contribution in [0.15, 0.2) is 388 Å². The van der Waals surface area contributed by atoms with Crippen LogP contribution in [0.1, 0.15) is 109 Å². The molecule has 0 unspecified atom stereocenters. The first-order valence-electron chi connectivity index (χ1n) is 50.5. The fourth-order valence-electron chi connectivity index (χ4n) is 19.4. The molecule has 0 N–H and O–H groups in total. The first kappa shape index (κ1) is 103. The molecular weight excluding hydrogens is 1870 g/mol. The van der Waals surface area contributed by atoms with Gasteiger partial charge >= 0.3 is 0 Å². The third-order valence-electron chi connectivity index (χ3n) is 26.8. The molecule has 19 rings (SSSR count). The second kappa shape index (κ2) is 54.0. The predicted molar refractivity (Wildman–Crippen MR) is 548 cm³/mol. The number of hydrogen-bond acceptors (Lipinski definition) is 25. The van der Waals surface area contributed by atoms with E-state index < -0.39 is 122 Å². The monoisotopic (exact) mass is 2000 g/mol. The summed E-state index contributed by atoms with van der Waals surface area (Å²) in [5.41, 5.74) is 22.4. The number of rotatable bonds is 52. The minimum absolute atomic E-state index is 0.0165. The third kappa shape index (κ3) is 28.6. The van der Waals surface area contributed by atoms with E-state index in [2.05, 4.69) is 10.0 Å². The molecule has 15 aromatic rings. The van der Waals surface area contributed by atoms with Gasteiger partial charge in [-0.3, -0.25) is 0 Å². The van der Waals surface area contributed by atoms with E-state index in [-0.39, 0.29) is 119 Å². The number of azide groups is 1. The van der Waals surface area contributed by atoms with Gasteiger partial charge in [0.05, 0.1) is 143 Å². The quantitative estimate of drug-likeness (QED) is 0.0112. The average molecular weight is 2000 g/mol. The number of methoxy groups -OCH3 is 1. The number of hydrogen-bond donors (Lipinski definition) is 0. The summed E-state index contributed by atoms with van der Waals surface area (Å²) >= 11 is 0. The number of ether oxygens (including phenoxy) is 18. The van der Waals surface area contributed by atoms with Gasteiger partial charge in [0.15, 0.2) is 0 Å². The largest absolute Gasteiger partial charge is 0.368 e. The Labute approximate surface area is 861 Å². The highest BCUT2D eigenvalue weighted by Crippen LogP contribution is 2.44. The summed E-state index contributed by atoms with van der Waals surface area (Å²) in [7, 11) is 1.60. The van der Waals surface area contributed by atoms with Crippen molar-refractivity contribution in [2.24, 2.45) is 5.11 Å². The molecule has 7 heterocycles. The number of aromatic nitrogens is 9. The van der Waals surface area contributed by atoms with Gasteiger partial charge in [-0.1, -0.05) is 385 Å². The molecule has 0 bridgehead atoms. The summed E-state index contributed by atoms with van der Waals surface area (Å²) in [6, 6.07) is 120. The molecule has 4 saturated heterocycles. The topological polar surface area (TPSA) is 307 Å². The molecule has 0 amide bonds. The molecular formula is C118H124N12O18. The third-order valence-corrected chi connectivity index (χ3v) is 26.8. The highest BCUT2D eigenvalue weighted by molar-refractivity contribution is 5.26. The van der Waals surface area contributed by atoms with Crippen LogP contribution in [-0.2, 0) is 184 Å². The molecule has 3 aromatic heterocycles. The van der Waals surface area contributed by atoms with E-state index in [0.717, 1.165) is 66.8 Å². The average Bonchev–Trinajstić information content (AvgIpc) is 1.45. The van der Waals surface area contributed by atoms with Crippen LogP contribution in [0.25, 0.3) is 10.4 Å². The summed E-state index contributed by atoms with van der Waals surface area (Å²) in [6.45, 7) is 2.58. The van der Waals surface area contributed by atoms with Crippen LogP contribution in [-0.4, -0.2) is 176 Å². The zero-order chi connectivity index (χ0) is 100. The Kier molecular flexibility index (Phi) is 37.7. The van der Waals surface area contributed by atoms with Crippen molar-refractivity contribution < 1.29 is 85.3 Å². The number of nitrogens with zero attached hydrogens (tertiary/aromatic N) is 12. The van der Waals surface area contributed by atoms with Gasteiger partial charge in [0.1, 0.15) is 134 Å². The van der Waals surface area contributed by atoms with Gasteiger partial charge in [0.2, 0.25) is 0 Å². The fourth-order valence-corrected chi connectivity index (χ4v) is 19.4. The van der Waals surface area contributed by atoms with Crippen molar-refractivity contribution in [3.8, 4) is 0 Å². The van der Waals surface area contributed by atoms with Crippen LogP contribution in [0.5, 0.6) is 0 Å². The highest BCUT2D eigenvalue weighted by Gasteiger charge is 2.55. The Balaban J connectivity index is 0.695. The molecule has 30 nitrogen and oxygen atoms in total. The van der Waals surface area contributed by atoms with Crippen molar-refractivity contribution in [2.75, 3.05) is 27.1 Å². The first-order valence-corrected chi connectivity index (χ1v) is 50.5. The Bertz CT molecular complexity index is 6400. The van der Waals surface area contributed by atoms with Crippen LogP contribution < -0.4 is 0 Å². The Morgan fingerprint density at radius 1 is 0.250 bits per heavy atom. The van der Waals surface area contributed by atoms with E-state index in [4.69, 9.17) is 116 Å². The molecule has 4 aliphatic rings. The van der Waals surface area contributed by atoms with Crippen LogP contribution >= 0.6 is 0 Å². The van der Waals surface area contributed by atoms with Crippen molar-refractivity contribution in [3.63, 3.8) is 0 Å². The summed E-state index contributed by atoms with van der Waals surface area (Å²) in [4.78, 5) is 3.24. The Hall–Kier alpha value is -13.4. The molecule has 20 atom stereocenters. The molecule has 0 saturated carbocycles. The molecule has 4 aliphatic heterocycles.